The maximum Gasteiger partial charge on any atom is 0.340 e. The number of hydrogen-bond donors (Lipinski definition) is 1. The van der Waals surface area contributed by atoms with Crippen molar-refractivity contribution in [3.63, 3.8) is 0 Å². The Morgan fingerprint density at radius 3 is 2.11 bits per heavy atom. The average molecular weight is 506 g/mol. The van der Waals surface area contributed by atoms with Gasteiger partial charge in [0, 0.05) is 50.3 Å². The lowest BCUT2D eigenvalue weighted by Gasteiger charge is -2.35. The zero-order chi connectivity index (χ0) is 24.2. The minimum atomic E-state index is -0.351. The number of para-hydroxylation sites is 1. The van der Waals surface area contributed by atoms with Crippen molar-refractivity contribution in [3.8, 4) is 11.4 Å². The molecule has 2 heterocycles. The number of ether oxygens (including phenoxy) is 1. The summed E-state index contributed by atoms with van der Waals surface area (Å²) in [6, 6.07) is 25.9. The molecule has 5 rings (SSSR count). The van der Waals surface area contributed by atoms with Gasteiger partial charge in [0.2, 0.25) is 0 Å². The van der Waals surface area contributed by atoms with E-state index in [-0.39, 0.29) is 24.1 Å². The van der Waals surface area contributed by atoms with E-state index in [1.807, 2.05) is 49.4 Å². The number of phenolic OH excluding ortho intramolecular Hbond substituents is 1. The van der Waals surface area contributed by atoms with Crippen LogP contribution in [0.2, 0.25) is 0 Å². The van der Waals surface area contributed by atoms with Crippen LogP contribution in [0.4, 0.5) is 0 Å². The smallest absolute Gasteiger partial charge is 0.340 e. The SMILES string of the molecule is CCOC(=O)c1c(CN2CCN(Cc3ccccc3)CC2)n(-c2ccccc2)c2ccc(O)cc12.Cl. The van der Waals surface area contributed by atoms with Gasteiger partial charge in [0.05, 0.1) is 23.4 Å². The summed E-state index contributed by atoms with van der Waals surface area (Å²) in [5.74, 6) is -0.218. The molecule has 6 nitrogen and oxygen atoms in total. The van der Waals surface area contributed by atoms with Gasteiger partial charge in [-0.05, 0) is 42.8 Å². The molecule has 36 heavy (non-hydrogen) atoms. The molecule has 0 aliphatic carbocycles. The predicted molar refractivity (Wildman–Crippen MR) is 145 cm³/mol. The molecule has 0 unspecified atom stereocenters. The molecule has 1 aliphatic heterocycles. The summed E-state index contributed by atoms with van der Waals surface area (Å²) in [6.07, 6.45) is 0. The van der Waals surface area contributed by atoms with Gasteiger partial charge in [-0.1, -0.05) is 48.5 Å². The Kier molecular flexibility index (Phi) is 8.31. The van der Waals surface area contributed by atoms with Crippen molar-refractivity contribution in [3.05, 3.63) is 95.7 Å². The summed E-state index contributed by atoms with van der Waals surface area (Å²) >= 11 is 0. The van der Waals surface area contributed by atoms with Gasteiger partial charge in [0.15, 0.2) is 0 Å². The monoisotopic (exact) mass is 505 g/mol. The van der Waals surface area contributed by atoms with E-state index in [1.54, 1.807) is 12.1 Å². The van der Waals surface area contributed by atoms with Crippen LogP contribution in [0.3, 0.4) is 0 Å². The maximum absolute atomic E-state index is 13.2. The lowest BCUT2D eigenvalue weighted by molar-refractivity contribution is 0.0524. The summed E-state index contributed by atoms with van der Waals surface area (Å²) in [6.45, 7) is 7.45. The number of esters is 1. The number of nitrogens with zero attached hydrogens (tertiary/aromatic N) is 3. The van der Waals surface area contributed by atoms with E-state index in [9.17, 15) is 9.90 Å². The van der Waals surface area contributed by atoms with E-state index in [0.29, 0.717) is 24.1 Å². The standard InChI is InChI=1S/C29H31N3O3.ClH/c1-2-35-29(34)28-25-19-24(33)13-14-26(25)32(23-11-7-4-8-12-23)27(28)21-31-17-15-30(16-18-31)20-22-9-5-3-6-10-22;/h3-14,19,33H,2,15-18,20-21H2,1H3;1H. The fraction of sp³-hybridized carbons (Fsp3) is 0.276. The second kappa shape index (κ2) is 11.6. The molecule has 1 aliphatic rings. The third-order valence-electron chi connectivity index (χ3n) is 6.63. The second-order valence-electron chi connectivity index (χ2n) is 8.95. The quantitative estimate of drug-likeness (QED) is 0.347. The van der Waals surface area contributed by atoms with Crippen LogP contribution >= 0.6 is 12.4 Å². The molecule has 1 fully saturated rings. The first-order valence-corrected chi connectivity index (χ1v) is 12.2. The Morgan fingerprint density at radius 1 is 0.861 bits per heavy atom. The van der Waals surface area contributed by atoms with Gasteiger partial charge in [0.25, 0.3) is 0 Å². The first kappa shape index (κ1) is 25.8. The van der Waals surface area contributed by atoms with Crippen LogP contribution in [0, 0.1) is 0 Å². The number of aromatic nitrogens is 1. The van der Waals surface area contributed by atoms with Crippen molar-refractivity contribution in [2.24, 2.45) is 0 Å². The van der Waals surface area contributed by atoms with Crippen LogP contribution in [-0.4, -0.2) is 58.2 Å². The van der Waals surface area contributed by atoms with E-state index in [4.69, 9.17) is 4.74 Å². The highest BCUT2D eigenvalue weighted by Gasteiger charge is 2.27. The zero-order valence-electron chi connectivity index (χ0n) is 20.5. The molecule has 4 aromatic rings. The Bertz CT molecular complexity index is 1300. The largest absolute Gasteiger partial charge is 0.508 e. The number of piperazine rings is 1. The minimum Gasteiger partial charge on any atom is -0.508 e. The molecule has 0 bridgehead atoms. The topological polar surface area (TPSA) is 57.9 Å². The van der Waals surface area contributed by atoms with Gasteiger partial charge in [-0.3, -0.25) is 9.80 Å². The predicted octanol–water partition coefficient (Wildman–Crippen LogP) is 5.25. The van der Waals surface area contributed by atoms with Gasteiger partial charge in [0.1, 0.15) is 5.75 Å². The molecule has 1 saturated heterocycles. The molecule has 0 amide bonds. The van der Waals surface area contributed by atoms with Crippen molar-refractivity contribution in [1.82, 2.24) is 14.4 Å². The van der Waals surface area contributed by atoms with Gasteiger partial charge < -0.3 is 14.4 Å². The lowest BCUT2D eigenvalue weighted by Crippen LogP contribution is -2.45. The maximum atomic E-state index is 13.2. The summed E-state index contributed by atoms with van der Waals surface area (Å²) in [5.41, 5.74) is 4.63. The van der Waals surface area contributed by atoms with Crippen molar-refractivity contribution >= 4 is 29.3 Å². The number of benzene rings is 3. The Hall–Kier alpha value is -3.32. The highest BCUT2D eigenvalue weighted by atomic mass is 35.5. The van der Waals surface area contributed by atoms with Crippen LogP contribution < -0.4 is 0 Å². The number of halogens is 1. The van der Waals surface area contributed by atoms with Crippen LogP contribution in [-0.2, 0) is 17.8 Å². The Labute approximate surface area is 218 Å². The van der Waals surface area contributed by atoms with E-state index < -0.39 is 0 Å². The molecule has 0 atom stereocenters. The van der Waals surface area contributed by atoms with Crippen LogP contribution in [0.5, 0.6) is 5.75 Å². The molecule has 0 radical (unpaired) electrons. The van der Waals surface area contributed by atoms with Gasteiger partial charge in [-0.2, -0.15) is 0 Å². The second-order valence-corrected chi connectivity index (χ2v) is 8.95. The number of carbonyl (C=O) groups is 1. The number of aromatic hydroxyl groups is 1. The molecule has 3 aromatic carbocycles. The molecule has 0 saturated carbocycles. The zero-order valence-corrected chi connectivity index (χ0v) is 21.3. The average Bonchev–Trinajstić information content (AvgIpc) is 3.19. The van der Waals surface area contributed by atoms with E-state index in [0.717, 1.165) is 49.6 Å². The van der Waals surface area contributed by atoms with Crippen LogP contribution in [0.15, 0.2) is 78.9 Å². The molecule has 7 heteroatoms. The molecular formula is C29H32ClN3O3. The summed E-state index contributed by atoms with van der Waals surface area (Å²) in [5, 5.41) is 10.9. The third-order valence-corrected chi connectivity index (χ3v) is 6.63. The Morgan fingerprint density at radius 2 is 1.47 bits per heavy atom. The number of carbonyl (C=O) groups excluding carboxylic acids is 1. The summed E-state index contributed by atoms with van der Waals surface area (Å²) in [4.78, 5) is 18.1. The van der Waals surface area contributed by atoms with Crippen molar-refractivity contribution in [2.75, 3.05) is 32.8 Å². The molecule has 1 aromatic heterocycles. The lowest BCUT2D eigenvalue weighted by atomic mass is 10.1. The fourth-order valence-electron chi connectivity index (χ4n) is 4.94. The highest BCUT2D eigenvalue weighted by molar-refractivity contribution is 6.07. The normalized spacial score (nSPS) is 14.5. The van der Waals surface area contributed by atoms with Gasteiger partial charge in [-0.25, -0.2) is 4.79 Å². The third kappa shape index (κ3) is 5.41. The van der Waals surface area contributed by atoms with Crippen molar-refractivity contribution in [1.29, 1.82) is 0 Å². The highest BCUT2D eigenvalue weighted by Crippen LogP contribution is 2.33. The molecule has 1 N–H and O–H groups in total. The molecule has 0 spiro atoms. The van der Waals surface area contributed by atoms with Crippen molar-refractivity contribution < 1.29 is 14.6 Å². The van der Waals surface area contributed by atoms with Crippen molar-refractivity contribution in [2.45, 2.75) is 20.0 Å². The van der Waals surface area contributed by atoms with Crippen LogP contribution in [0.25, 0.3) is 16.6 Å². The van der Waals surface area contributed by atoms with Crippen LogP contribution in [0.1, 0.15) is 28.5 Å². The Balaban J connectivity index is 0.00000304. The van der Waals surface area contributed by atoms with E-state index in [1.165, 1.54) is 5.56 Å². The first-order chi connectivity index (χ1) is 17.1. The summed E-state index contributed by atoms with van der Waals surface area (Å²) in [7, 11) is 0. The fourth-order valence-corrected chi connectivity index (χ4v) is 4.94. The van der Waals surface area contributed by atoms with Gasteiger partial charge >= 0.3 is 5.97 Å². The minimum absolute atomic E-state index is 0. The molecule has 188 valence electrons. The number of rotatable bonds is 7. The van der Waals surface area contributed by atoms with Gasteiger partial charge in [-0.15, -0.1) is 12.4 Å². The van der Waals surface area contributed by atoms with E-state index in [2.05, 4.69) is 38.6 Å². The molecular weight excluding hydrogens is 474 g/mol. The number of phenols is 1. The number of hydrogen-bond acceptors (Lipinski definition) is 5. The summed E-state index contributed by atoms with van der Waals surface area (Å²) < 4.78 is 7.61. The number of fused-ring (bicyclic) bond motifs is 1. The first-order valence-electron chi connectivity index (χ1n) is 12.2. The van der Waals surface area contributed by atoms with E-state index >= 15 is 0 Å².